The number of likely N-dealkylation sites (N-methyl/N-ethyl adjacent to an activating group) is 2. The van der Waals surface area contributed by atoms with Gasteiger partial charge in [-0.3, -0.25) is 4.90 Å². The highest BCUT2D eigenvalue weighted by atomic mass is 32.2. The van der Waals surface area contributed by atoms with Crippen molar-refractivity contribution in [2.45, 2.75) is 43.3 Å². The summed E-state index contributed by atoms with van der Waals surface area (Å²) in [5.41, 5.74) is 6.36. The van der Waals surface area contributed by atoms with Crippen LogP contribution >= 0.6 is 11.8 Å². The Morgan fingerprint density at radius 2 is 1.92 bits per heavy atom. The SMILES string of the molecule is CCCCSc1nc(N)cc(N2CCC3(CC2)CN(C)CCN3C)n1. The van der Waals surface area contributed by atoms with Gasteiger partial charge in [0.2, 0.25) is 0 Å². The maximum absolute atomic E-state index is 6.04. The van der Waals surface area contributed by atoms with Crippen LogP contribution in [0, 0.1) is 0 Å². The summed E-state index contributed by atoms with van der Waals surface area (Å²) in [5.74, 6) is 2.63. The Morgan fingerprint density at radius 3 is 2.64 bits per heavy atom. The van der Waals surface area contributed by atoms with Crippen molar-refractivity contribution in [1.82, 2.24) is 19.8 Å². The molecule has 0 radical (unpaired) electrons. The van der Waals surface area contributed by atoms with Gasteiger partial charge in [0, 0.05) is 50.1 Å². The van der Waals surface area contributed by atoms with Crippen molar-refractivity contribution in [2.24, 2.45) is 0 Å². The molecule has 0 aromatic carbocycles. The number of piperazine rings is 1. The molecule has 1 aromatic rings. The normalized spacial score (nSPS) is 21.8. The lowest BCUT2D eigenvalue weighted by Gasteiger charge is -2.52. The number of anilines is 2. The summed E-state index contributed by atoms with van der Waals surface area (Å²) >= 11 is 1.72. The molecule has 0 amide bonds. The lowest BCUT2D eigenvalue weighted by Crippen LogP contribution is -2.63. The molecule has 1 aromatic heterocycles. The number of nitrogen functional groups attached to an aromatic ring is 1. The van der Waals surface area contributed by atoms with Gasteiger partial charge in [0.25, 0.3) is 0 Å². The topological polar surface area (TPSA) is 61.5 Å². The van der Waals surface area contributed by atoms with Crippen molar-refractivity contribution in [2.75, 3.05) is 63.2 Å². The number of nitrogens with zero attached hydrogens (tertiary/aromatic N) is 5. The van der Waals surface area contributed by atoms with E-state index in [-0.39, 0.29) is 0 Å². The average molecular weight is 365 g/mol. The number of aromatic nitrogens is 2. The average Bonchev–Trinajstić information content (AvgIpc) is 2.59. The predicted molar refractivity (Wildman–Crippen MR) is 106 cm³/mol. The molecule has 140 valence electrons. The third-order valence-corrected chi connectivity index (χ3v) is 6.58. The molecule has 2 aliphatic rings. The second kappa shape index (κ2) is 8.10. The van der Waals surface area contributed by atoms with Crippen molar-refractivity contribution in [1.29, 1.82) is 0 Å². The highest BCUT2D eigenvalue weighted by Gasteiger charge is 2.41. The zero-order valence-electron chi connectivity index (χ0n) is 15.9. The highest BCUT2D eigenvalue weighted by molar-refractivity contribution is 7.99. The van der Waals surface area contributed by atoms with Crippen LogP contribution in [0.2, 0.25) is 0 Å². The fourth-order valence-corrected chi connectivity index (χ4v) is 4.86. The minimum absolute atomic E-state index is 0.320. The molecule has 2 saturated heterocycles. The Balaban J connectivity index is 1.66. The molecule has 0 saturated carbocycles. The molecule has 3 rings (SSSR count). The van der Waals surface area contributed by atoms with E-state index < -0.39 is 0 Å². The molecule has 1 spiro atoms. The summed E-state index contributed by atoms with van der Waals surface area (Å²) in [5, 5.41) is 0.818. The Kier molecular flexibility index (Phi) is 6.07. The van der Waals surface area contributed by atoms with Crippen LogP contribution in [0.15, 0.2) is 11.2 Å². The Morgan fingerprint density at radius 1 is 1.16 bits per heavy atom. The zero-order valence-corrected chi connectivity index (χ0v) is 16.7. The third kappa shape index (κ3) is 4.38. The van der Waals surface area contributed by atoms with Gasteiger partial charge in [-0.1, -0.05) is 25.1 Å². The largest absolute Gasteiger partial charge is 0.383 e. The number of nitrogens with two attached hydrogens (primary N) is 1. The Bertz CT molecular complexity index is 573. The van der Waals surface area contributed by atoms with Crippen LogP contribution in [0.1, 0.15) is 32.6 Å². The van der Waals surface area contributed by atoms with E-state index in [2.05, 4.69) is 40.7 Å². The first-order valence-corrected chi connectivity index (χ1v) is 10.4. The first-order chi connectivity index (χ1) is 12.0. The van der Waals surface area contributed by atoms with E-state index in [4.69, 9.17) is 10.7 Å². The fourth-order valence-electron chi connectivity index (χ4n) is 3.92. The second-order valence-electron chi connectivity index (χ2n) is 7.51. The van der Waals surface area contributed by atoms with Gasteiger partial charge in [0.05, 0.1) is 0 Å². The maximum atomic E-state index is 6.04. The number of rotatable bonds is 5. The van der Waals surface area contributed by atoms with E-state index >= 15 is 0 Å². The number of thioether (sulfide) groups is 1. The lowest BCUT2D eigenvalue weighted by atomic mass is 9.84. The van der Waals surface area contributed by atoms with Crippen molar-refractivity contribution in [3.8, 4) is 0 Å². The molecular weight excluding hydrogens is 332 g/mol. The molecule has 2 N–H and O–H groups in total. The molecule has 0 aliphatic carbocycles. The van der Waals surface area contributed by atoms with Crippen LogP contribution in [0.3, 0.4) is 0 Å². The van der Waals surface area contributed by atoms with Gasteiger partial charge in [-0.25, -0.2) is 9.97 Å². The van der Waals surface area contributed by atoms with Crippen molar-refractivity contribution >= 4 is 23.4 Å². The molecule has 0 atom stereocenters. The summed E-state index contributed by atoms with van der Waals surface area (Å²) in [6.07, 6.45) is 4.73. The molecule has 2 fully saturated rings. The van der Waals surface area contributed by atoms with Crippen LogP contribution < -0.4 is 10.6 Å². The standard InChI is InChI=1S/C18H32N6S/c1-4-5-12-25-17-20-15(19)13-16(21-17)24-8-6-18(7-9-24)14-22(2)10-11-23(18)3/h13H,4-12,14H2,1-3H3,(H2,19,20,21). The molecule has 7 heteroatoms. The quantitative estimate of drug-likeness (QED) is 0.488. The fraction of sp³-hybridized carbons (Fsp3) is 0.778. The maximum Gasteiger partial charge on any atom is 0.191 e. The van der Waals surface area contributed by atoms with Crippen LogP contribution in [0.5, 0.6) is 0 Å². The van der Waals surface area contributed by atoms with E-state index in [1.807, 2.05) is 6.07 Å². The second-order valence-corrected chi connectivity index (χ2v) is 8.57. The van der Waals surface area contributed by atoms with E-state index in [1.54, 1.807) is 11.8 Å². The third-order valence-electron chi connectivity index (χ3n) is 5.65. The van der Waals surface area contributed by atoms with Gasteiger partial charge in [0.1, 0.15) is 11.6 Å². The van der Waals surface area contributed by atoms with E-state index in [1.165, 1.54) is 38.8 Å². The number of hydrogen-bond acceptors (Lipinski definition) is 7. The monoisotopic (exact) mass is 364 g/mol. The highest BCUT2D eigenvalue weighted by Crippen LogP contribution is 2.33. The predicted octanol–water partition coefficient (Wildman–Crippen LogP) is 2.17. The molecular formula is C18H32N6S. The van der Waals surface area contributed by atoms with Crippen molar-refractivity contribution in [3.05, 3.63) is 6.07 Å². The summed E-state index contributed by atoms with van der Waals surface area (Å²) in [7, 11) is 4.53. The number of unbranched alkanes of at least 4 members (excludes halogenated alkanes) is 1. The summed E-state index contributed by atoms with van der Waals surface area (Å²) in [4.78, 5) is 16.6. The van der Waals surface area contributed by atoms with Gasteiger partial charge < -0.3 is 15.5 Å². The van der Waals surface area contributed by atoms with Gasteiger partial charge in [-0.15, -0.1) is 0 Å². The van der Waals surface area contributed by atoms with E-state index in [0.29, 0.717) is 11.4 Å². The van der Waals surface area contributed by atoms with Gasteiger partial charge in [-0.2, -0.15) is 0 Å². The van der Waals surface area contributed by atoms with Gasteiger partial charge in [-0.05, 0) is 33.4 Å². The molecule has 25 heavy (non-hydrogen) atoms. The van der Waals surface area contributed by atoms with Crippen LogP contribution in [0.25, 0.3) is 0 Å². The minimum atomic E-state index is 0.320. The Labute approximate surface area is 156 Å². The minimum Gasteiger partial charge on any atom is -0.383 e. The smallest absolute Gasteiger partial charge is 0.191 e. The van der Waals surface area contributed by atoms with Gasteiger partial charge >= 0.3 is 0 Å². The molecule has 3 heterocycles. The van der Waals surface area contributed by atoms with Crippen LogP contribution in [-0.2, 0) is 0 Å². The molecule has 2 aliphatic heterocycles. The molecule has 6 nitrogen and oxygen atoms in total. The number of piperidine rings is 1. The summed E-state index contributed by atoms with van der Waals surface area (Å²) in [6, 6.07) is 1.93. The van der Waals surface area contributed by atoms with E-state index in [0.717, 1.165) is 36.4 Å². The molecule has 0 bridgehead atoms. The molecule has 0 unspecified atom stereocenters. The summed E-state index contributed by atoms with van der Waals surface area (Å²) in [6.45, 7) is 7.77. The Hall–Kier alpha value is -1.05. The first kappa shape index (κ1) is 18.7. The van der Waals surface area contributed by atoms with Crippen LogP contribution in [-0.4, -0.2) is 77.9 Å². The van der Waals surface area contributed by atoms with Crippen LogP contribution in [0.4, 0.5) is 11.6 Å². The van der Waals surface area contributed by atoms with E-state index in [9.17, 15) is 0 Å². The number of hydrogen-bond donors (Lipinski definition) is 1. The zero-order chi connectivity index (χ0) is 17.9. The lowest BCUT2D eigenvalue weighted by molar-refractivity contribution is 0.00936. The van der Waals surface area contributed by atoms with Gasteiger partial charge in [0.15, 0.2) is 5.16 Å². The van der Waals surface area contributed by atoms with Crippen molar-refractivity contribution in [3.63, 3.8) is 0 Å². The first-order valence-electron chi connectivity index (χ1n) is 9.44. The summed E-state index contributed by atoms with van der Waals surface area (Å²) < 4.78 is 0. The van der Waals surface area contributed by atoms with Crippen molar-refractivity contribution < 1.29 is 0 Å².